The first-order valence-corrected chi connectivity index (χ1v) is 5.51. The molecule has 2 rings (SSSR count). The van der Waals surface area contributed by atoms with Crippen LogP contribution in [0.5, 0.6) is 0 Å². The van der Waals surface area contributed by atoms with Gasteiger partial charge >= 0.3 is 5.69 Å². The molecule has 19 heavy (non-hydrogen) atoms. The van der Waals surface area contributed by atoms with Crippen molar-refractivity contribution in [2.24, 2.45) is 0 Å². The predicted octanol–water partition coefficient (Wildman–Crippen LogP) is 1.06. The van der Waals surface area contributed by atoms with Crippen LogP contribution >= 0.6 is 0 Å². The third kappa shape index (κ3) is 2.55. The number of rotatable bonds is 3. The lowest BCUT2D eigenvalue weighted by atomic mass is 10.0. The van der Waals surface area contributed by atoms with Crippen LogP contribution in [0.25, 0.3) is 0 Å². The van der Waals surface area contributed by atoms with Crippen molar-refractivity contribution in [2.75, 3.05) is 6.61 Å². The molecule has 0 amide bonds. The van der Waals surface area contributed by atoms with Gasteiger partial charge < -0.3 is 14.9 Å². The molecule has 8 heteroatoms. The molecule has 1 aromatic rings. The van der Waals surface area contributed by atoms with Crippen molar-refractivity contribution in [2.45, 2.75) is 24.7 Å². The van der Waals surface area contributed by atoms with Crippen LogP contribution in [0.1, 0.15) is 18.1 Å². The van der Waals surface area contributed by atoms with E-state index in [4.69, 9.17) is 9.84 Å². The lowest BCUT2D eigenvalue weighted by Gasteiger charge is -2.13. The summed E-state index contributed by atoms with van der Waals surface area (Å²) in [6, 6.07) is 1.16. The van der Waals surface area contributed by atoms with Crippen LogP contribution in [0.15, 0.2) is 12.1 Å². The van der Waals surface area contributed by atoms with Gasteiger partial charge in [-0.1, -0.05) is 0 Å². The Morgan fingerprint density at radius 3 is 2.63 bits per heavy atom. The number of aliphatic hydroxyl groups excluding tert-OH is 2. The second kappa shape index (κ2) is 5.16. The molecule has 3 atom stereocenters. The van der Waals surface area contributed by atoms with E-state index in [-0.39, 0.29) is 12.0 Å². The Hall–Kier alpha value is -1.64. The minimum absolute atomic E-state index is 0.0145. The summed E-state index contributed by atoms with van der Waals surface area (Å²) in [4.78, 5) is 9.43. The molecule has 1 heterocycles. The highest BCUT2D eigenvalue weighted by Crippen LogP contribution is 2.36. The standard InChI is InChI=1S/C11H11F2NO5/c12-6-2-8(14(17)18)7(13)1-5(6)10-3-9(16)11(4-15)19-10/h1-2,9-11,15-16H,3-4H2/t9-,10+,11+/m0/s1. The SMILES string of the molecule is O=[N+]([O-])c1cc(F)c([C@H]2C[C@H](O)[C@@H](CO)O2)cc1F. The Balaban J connectivity index is 2.32. The van der Waals surface area contributed by atoms with E-state index in [0.717, 1.165) is 0 Å². The number of benzene rings is 1. The Kier molecular flexibility index (Phi) is 3.74. The van der Waals surface area contributed by atoms with Crippen LogP contribution in [-0.4, -0.2) is 34.0 Å². The maximum Gasteiger partial charge on any atom is 0.307 e. The Labute approximate surface area is 106 Å². The molecule has 1 aliphatic heterocycles. The molecule has 1 saturated heterocycles. The Morgan fingerprint density at radius 2 is 2.11 bits per heavy atom. The number of aliphatic hydroxyl groups is 2. The Bertz CT molecular complexity index is 510. The van der Waals surface area contributed by atoms with Crippen molar-refractivity contribution >= 4 is 5.69 Å². The van der Waals surface area contributed by atoms with Crippen LogP contribution in [0.4, 0.5) is 14.5 Å². The van der Waals surface area contributed by atoms with Gasteiger partial charge in [-0.15, -0.1) is 0 Å². The highest BCUT2D eigenvalue weighted by atomic mass is 19.1. The van der Waals surface area contributed by atoms with Gasteiger partial charge in [0.25, 0.3) is 0 Å². The zero-order valence-corrected chi connectivity index (χ0v) is 9.62. The van der Waals surface area contributed by atoms with Crippen molar-refractivity contribution < 1.29 is 28.7 Å². The van der Waals surface area contributed by atoms with Crippen molar-refractivity contribution in [3.8, 4) is 0 Å². The number of halogens is 2. The minimum atomic E-state index is -1.17. The first-order valence-electron chi connectivity index (χ1n) is 5.51. The molecule has 2 N–H and O–H groups in total. The topological polar surface area (TPSA) is 92.8 Å². The molecule has 104 valence electrons. The molecular weight excluding hydrogens is 264 g/mol. The van der Waals surface area contributed by atoms with E-state index < -0.39 is 47.2 Å². The highest BCUT2D eigenvalue weighted by molar-refractivity contribution is 5.37. The molecule has 0 bridgehead atoms. The van der Waals surface area contributed by atoms with Crippen LogP contribution in [0.2, 0.25) is 0 Å². The molecule has 1 aliphatic rings. The summed E-state index contributed by atoms with van der Waals surface area (Å²) >= 11 is 0. The molecule has 6 nitrogen and oxygen atoms in total. The highest BCUT2D eigenvalue weighted by Gasteiger charge is 2.36. The van der Waals surface area contributed by atoms with Gasteiger partial charge in [0.2, 0.25) is 5.82 Å². The number of hydrogen-bond acceptors (Lipinski definition) is 5. The zero-order chi connectivity index (χ0) is 14.2. The fraction of sp³-hybridized carbons (Fsp3) is 0.455. The van der Waals surface area contributed by atoms with Crippen molar-refractivity contribution in [3.63, 3.8) is 0 Å². The molecule has 0 aromatic heterocycles. The normalized spacial score (nSPS) is 26.6. The van der Waals surface area contributed by atoms with Gasteiger partial charge in [0.05, 0.1) is 29.8 Å². The molecule has 0 saturated carbocycles. The van der Waals surface area contributed by atoms with E-state index in [1.807, 2.05) is 0 Å². The maximum atomic E-state index is 13.7. The van der Waals surface area contributed by atoms with Crippen LogP contribution in [0.3, 0.4) is 0 Å². The Morgan fingerprint density at radius 1 is 1.42 bits per heavy atom. The summed E-state index contributed by atoms with van der Waals surface area (Å²) in [5.74, 6) is -2.16. The van der Waals surface area contributed by atoms with Crippen LogP contribution in [0, 0.1) is 21.7 Å². The monoisotopic (exact) mass is 275 g/mol. The quantitative estimate of drug-likeness (QED) is 0.635. The summed E-state index contributed by atoms with van der Waals surface area (Å²) in [7, 11) is 0. The molecule has 0 unspecified atom stereocenters. The minimum Gasteiger partial charge on any atom is -0.394 e. The lowest BCUT2D eigenvalue weighted by molar-refractivity contribution is -0.387. The molecule has 0 aliphatic carbocycles. The summed E-state index contributed by atoms with van der Waals surface area (Å²) in [6.45, 7) is -0.450. The average Bonchev–Trinajstić information content (AvgIpc) is 2.72. The first kappa shape index (κ1) is 13.8. The van der Waals surface area contributed by atoms with Gasteiger partial charge in [0.15, 0.2) is 0 Å². The number of ether oxygens (including phenoxy) is 1. The third-order valence-corrected chi connectivity index (χ3v) is 3.01. The fourth-order valence-corrected chi connectivity index (χ4v) is 2.03. The zero-order valence-electron chi connectivity index (χ0n) is 9.62. The predicted molar refractivity (Wildman–Crippen MR) is 58.3 cm³/mol. The van der Waals surface area contributed by atoms with Crippen molar-refractivity contribution in [1.29, 1.82) is 0 Å². The van der Waals surface area contributed by atoms with E-state index in [0.29, 0.717) is 12.1 Å². The van der Waals surface area contributed by atoms with Crippen LogP contribution < -0.4 is 0 Å². The number of nitro benzene ring substituents is 1. The van der Waals surface area contributed by atoms with Gasteiger partial charge in [-0.3, -0.25) is 10.1 Å². The van der Waals surface area contributed by atoms with E-state index in [9.17, 15) is 24.0 Å². The summed E-state index contributed by atoms with van der Waals surface area (Å²) < 4.78 is 32.3. The smallest absolute Gasteiger partial charge is 0.307 e. The lowest BCUT2D eigenvalue weighted by Crippen LogP contribution is -2.24. The van der Waals surface area contributed by atoms with E-state index in [2.05, 4.69) is 0 Å². The average molecular weight is 275 g/mol. The number of nitro groups is 1. The van der Waals surface area contributed by atoms with Crippen LogP contribution in [-0.2, 0) is 4.74 Å². The van der Waals surface area contributed by atoms with Crippen molar-refractivity contribution in [3.05, 3.63) is 39.4 Å². The fourth-order valence-electron chi connectivity index (χ4n) is 2.03. The molecule has 1 aromatic carbocycles. The first-order chi connectivity index (χ1) is 8.93. The molecule has 0 radical (unpaired) electrons. The third-order valence-electron chi connectivity index (χ3n) is 3.01. The van der Waals surface area contributed by atoms with E-state index >= 15 is 0 Å². The van der Waals surface area contributed by atoms with Crippen molar-refractivity contribution in [1.82, 2.24) is 0 Å². The molecule has 0 spiro atoms. The summed E-state index contributed by atoms with van der Waals surface area (Å²) in [6.07, 6.45) is -2.82. The van der Waals surface area contributed by atoms with Gasteiger partial charge in [-0.2, -0.15) is 4.39 Å². The summed E-state index contributed by atoms with van der Waals surface area (Å²) in [5, 5.41) is 28.9. The second-order valence-electron chi connectivity index (χ2n) is 4.23. The van der Waals surface area contributed by atoms with Gasteiger partial charge in [-0.05, 0) is 6.07 Å². The molecule has 1 fully saturated rings. The largest absolute Gasteiger partial charge is 0.394 e. The second-order valence-corrected chi connectivity index (χ2v) is 4.23. The van der Waals surface area contributed by atoms with E-state index in [1.54, 1.807) is 0 Å². The summed E-state index contributed by atoms with van der Waals surface area (Å²) in [5.41, 5.74) is -1.17. The number of nitrogens with zero attached hydrogens (tertiary/aromatic N) is 1. The number of hydrogen-bond donors (Lipinski definition) is 2. The van der Waals surface area contributed by atoms with Gasteiger partial charge in [-0.25, -0.2) is 4.39 Å². The van der Waals surface area contributed by atoms with E-state index in [1.165, 1.54) is 0 Å². The van der Waals surface area contributed by atoms with Gasteiger partial charge in [0, 0.05) is 12.0 Å². The van der Waals surface area contributed by atoms with Gasteiger partial charge in [0.1, 0.15) is 11.9 Å². The maximum absolute atomic E-state index is 13.7. The molecular formula is C11H11F2NO5.